The second-order valence-electron chi connectivity index (χ2n) is 1.07. The fourth-order valence-electron chi connectivity index (χ4n) is 0.181. The van der Waals surface area contributed by atoms with Crippen LogP contribution in [-0.2, 0) is 4.79 Å². The smallest absolute Gasteiger partial charge is 0.219 e. The van der Waals surface area contributed by atoms with E-state index in [1.807, 2.05) is 0 Å². The maximum absolute atomic E-state index is 10.2. The van der Waals surface area contributed by atoms with E-state index in [2.05, 4.69) is 12.6 Å². The Balaban J connectivity index is 4.13. The van der Waals surface area contributed by atoms with Gasteiger partial charge in [-0.25, -0.2) is 0 Å². The molecule has 0 amide bonds. The van der Waals surface area contributed by atoms with Crippen LogP contribution in [0.5, 0.6) is 0 Å². The Bertz CT molecular complexity index is 141. The summed E-state index contributed by atoms with van der Waals surface area (Å²) in [6.45, 7) is 0. The van der Waals surface area contributed by atoms with Gasteiger partial charge >= 0.3 is 0 Å². The molecule has 0 aliphatic heterocycles. The van der Waals surface area contributed by atoms with Crippen LogP contribution in [0, 0.1) is 5.41 Å². The van der Waals surface area contributed by atoms with Gasteiger partial charge in [0.25, 0.3) is 0 Å². The van der Waals surface area contributed by atoms with Crippen molar-refractivity contribution in [2.24, 2.45) is 5.73 Å². The number of hydrogen-bond donors (Lipinski definition) is 3. The number of carbonyl (C=O) groups is 1. The van der Waals surface area contributed by atoms with Crippen molar-refractivity contribution in [1.29, 1.82) is 5.41 Å². The van der Waals surface area contributed by atoms with Gasteiger partial charge in [0, 0.05) is 12.4 Å². The molecular weight excluding hydrogens is 124 g/mol. The van der Waals surface area contributed by atoms with Gasteiger partial charge < -0.3 is 11.1 Å². The fourth-order valence-corrected chi connectivity index (χ4v) is 0.320. The monoisotopic (exact) mass is 130 g/mol. The molecule has 3 N–H and O–H groups in total. The fraction of sp³-hybridized carbons (Fsp3) is 0. The third-order valence-electron chi connectivity index (χ3n) is 0.582. The van der Waals surface area contributed by atoms with Gasteiger partial charge in [-0.3, -0.25) is 4.79 Å². The normalized spacial score (nSPS) is 10.9. The van der Waals surface area contributed by atoms with E-state index in [4.69, 9.17) is 11.1 Å². The van der Waals surface area contributed by atoms with Gasteiger partial charge in [-0.1, -0.05) is 0 Å². The second-order valence-corrected chi connectivity index (χ2v) is 1.48. The van der Waals surface area contributed by atoms with Crippen molar-refractivity contribution in [2.45, 2.75) is 0 Å². The molecule has 0 saturated heterocycles. The maximum atomic E-state index is 10.2. The largest absolute Gasteiger partial charge is 0.404 e. The predicted molar refractivity (Wildman–Crippen MR) is 35.0 cm³/mol. The number of hydrogen-bond acceptors (Lipinski definition) is 3. The molecule has 0 aromatic rings. The van der Waals surface area contributed by atoms with E-state index in [1.54, 1.807) is 0 Å². The molecule has 0 bridgehead atoms. The zero-order valence-corrected chi connectivity index (χ0v) is 4.98. The van der Waals surface area contributed by atoms with Gasteiger partial charge in [0.05, 0.1) is 5.57 Å². The highest BCUT2D eigenvalue weighted by atomic mass is 32.1. The maximum Gasteiger partial charge on any atom is 0.219 e. The van der Waals surface area contributed by atoms with Gasteiger partial charge in [-0.15, -0.1) is 12.6 Å². The van der Waals surface area contributed by atoms with Gasteiger partial charge in [0.2, 0.25) is 5.12 Å². The van der Waals surface area contributed by atoms with Crippen molar-refractivity contribution >= 4 is 24.0 Å². The molecule has 0 fully saturated rings. The zero-order chi connectivity index (χ0) is 6.57. The average Bonchev–Trinajstić information content (AvgIpc) is 1.69. The Morgan fingerprint density at radius 1 is 1.75 bits per heavy atom. The van der Waals surface area contributed by atoms with Crippen LogP contribution in [0.1, 0.15) is 0 Å². The first-order valence-corrected chi connectivity index (χ1v) is 2.32. The lowest BCUT2D eigenvalue weighted by Gasteiger charge is -1.85. The van der Waals surface area contributed by atoms with E-state index >= 15 is 0 Å². The van der Waals surface area contributed by atoms with E-state index < -0.39 is 5.12 Å². The highest BCUT2D eigenvalue weighted by molar-refractivity contribution is 7.97. The van der Waals surface area contributed by atoms with E-state index in [-0.39, 0.29) is 5.57 Å². The summed E-state index contributed by atoms with van der Waals surface area (Å²) < 4.78 is 0. The molecule has 0 aromatic heterocycles. The molecule has 0 heterocycles. The summed E-state index contributed by atoms with van der Waals surface area (Å²) >= 11 is 3.41. The van der Waals surface area contributed by atoms with E-state index in [0.717, 1.165) is 12.4 Å². The highest BCUT2D eigenvalue weighted by Gasteiger charge is 1.96. The predicted octanol–water partition coefficient (Wildman–Crippen LogP) is -0.0650. The first kappa shape index (κ1) is 7.23. The van der Waals surface area contributed by atoms with Crippen LogP contribution in [-0.4, -0.2) is 11.3 Å². The number of thiol groups is 1. The van der Waals surface area contributed by atoms with E-state index in [0.29, 0.717) is 0 Å². The van der Waals surface area contributed by atoms with Crippen molar-refractivity contribution in [3.63, 3.8) is 0 Å². The van der Waals surface area contributed by atoms with Gasteiger partial charge in [0.15, 0.2) is 0 Å². The first-order valence-electron chi connectivity index (χ1n) is 1.88. The van der Waals surface area contributed by atoms with Crippen molar-refractivity contribution in [2.75, 3.05) is 0 Å². The zero-order valence-electron chi connectivity index (χ0n) is 4.09. The Morgan fingerprint density at radius 3 is 2.25 bits per heavy atom. The summed E-state index contributed by atoms with van der Waals surface area (Å²) in [6, 6.07) is 0. The van der Waals surface area contributed by atoms with Crippen LogP contribution in [0.4, 0.5) is 0 Å². The van der Waals surface area contributed by atoms with Gasteiger partial charge in [-0.05, 0) is 0 Å². The third-order valence-corrected chi connectivity index (χ3v) is 0.840. The molecule has 3 nitrogen and oxygen atoms in total. The molecule has 8 heavy (non-hydrogen) atoms. The lowest BCUT2D eigenvalue weighted by atomic mass is 10.3. The molecule has 0 saturated carbocycles. The first-order chi connectivity index (χ1) is 3.72. The molecule has 0 rings (SSSR count). The molecular formula is C4H6N2OS. The highest BCUT2D eigenvalue weighted by Crippen LogP contribution is 1.91. The lowest BCUT2D eigenvalue weighted by molar-refractivity contribution is -0.107. The van der Waals surface area contributed by atoms with Crippen molar-refractivity contribution in [3.05, 3.63) is 11.8 Å². The van der Waals surface area contributed by atoms with Crippen LogP contribution in [0.25, 0.3) is 0 Å². The summed E-state index contributed by atoms with van der Waals surface area (Å²) in [5.74, 6) is 0. The van der Waals surface area contributed by atoms with Gasteiger partial charge in [0.1, 0.15) is 0 Å². The SMILES string of the molecule is N=CC(=CN)C(=O)S. The minimum atomic E-state index is -0.484. The van der Waals surface area contributed by atoms with Crippen molar-refractivity contribution in [3.8, 4) is 0 Å². The van der Waals surface area contributed by atoms with Crippen LogP contribution in [0.15, 0.2) is 11.8 Å². The molecule has 0 aliphatic rings. The van der Waals surface area contributed by atoms with Gasteiger partial charge in [-0.2, -0.15) is 0 Å². The van der Waals surface area contributed by atoms with Crippen LogP contribution < -0.4 is 5.73 Å². The Hall–Kier alpha value is -0.770. The third kappa shape index (κ3) is 1.79. The van der Waals surface area contributed by atoms with Crippen LogP contribution in [0.3, 0.4) is 0 Å². The molecule has 0 aromatic carbocycles. The number of carbonyl (C=O) groups excluding carboxylic acids is 1. The number of rotatable bonds is 2. The van der Waals surface area contributed by atoms with E-state index in [9.17, 15) is 4.79 Å². The minimum Gasteiger partial charge on any atom is -0.404 e. The molecule has 0 aliphatic carbocycles. The quantitative estimate of drug-likeness (QED) is 0.278. The molecule has 4 heteroatoms. The topological polar surface area (TPSA) is 66.9 Å². The summed E-state index contributed by atoms with van der Waals surface area (Å²) in [4.78, 5) is 10.2. The Morgan fingerprint density at radius 2 is 2.25 bits per heavy atom. The molecule has 0 spiro atoms. The Kier molecular flexibility index (Phi) is 2.95. The molecule has 0 unspecified atom stereocenters. The van der Waals surface area contributed by atoms with Crippen molar-refractivity contribution < 1.29 is 4.79 Å². The molecule has 44 valence electrons. The second kappa shape index (κ2) is 3.26. The van der Waals surface area contributed by atoms with Crippen LogP contribution >= 0.6 is 12.6 Å². The van der Waals surface area contributed by atoms with Crippen LogP contribution in [0.2, 0.25) is 0 Å². The number of nitrogens with one attached hydrogen (secondary N) is 1. The minimum absolute atomic E-state index is 0.105. The van der Waals surface area contributed by atoms with E-state index in [1.165, 1.54) is 0 Å². The summed E-state index contributed by atoms with van der Waals surface area (Å²) in [5.41, 5.74) is 5.01. The molecule has 0 atom stereocenters. The summed E-state index contributed by atoms with van der Waals surface area (Å²) in [7, 11) is 0. The lowest BCUT2D eigenvalue weighted by Crippen LogP contribution is -1.97. The summed E-state index contributed by atoms with van der Waals surface area (Å²) in [5, 5.41) is 6.06. The molecule has 0 radical (unpaired) electrons. The average molecular weight is 130 g/mol. The Labute approximate surface area is 52.5 Å². The number of nitrogens with two attached hydrogens (primary N) is 1. The summed E-state index contributed by atoms with van der Waals surface area (Å²) in [6.07, 6.45) is 1.90. The standard InChI is InChI=1S/C4H6N2OS/c5-1-3(2-6)4(7)8/h1-2,5H,6H2,(H,7,8). The van der Waals surface area contributed by atoms with Crippen molar-refractivity contribution in [1.82, 2.24) is 0 Å².